The van der Waals surface area contributed by atoms with Crippen molar-refractivity contribution in [2.75, 3.05) is 33.2 Å². The average molecular weight is 528 g/mol. The maximum absolute atomic E-state index is 13.3. The van der Waals surface area contributed by atoms with Crippen LogP contribution in [0, 0.1) is 0 Å². The van der Waals surface area contributed by atoms with Gasteiger partial charge >= 0.3 is 0 Å². The lowest BCUT2D eigenvalue weighted by atomic mass is 10.1. The smallest absolute Gasteiger partial charge is 0.238 e. The molecular formula is C21H26ClN5O5S2. The van der Waals surface area contributed by atoms with Crippen LogP contribution in [-0.2, 0) is 19.9 Å². The zero-order valence-electron chi connectivity index (χ0n) is 18.4. The predicted molar refractivity (Wildman–Crippen MR) is 132 cm³/mol. The van der Waals surface area contributed by atoms with Crippen molar-refractivity contribution >= 4 is 43.2 Å². The summed E-state index contributed by atoms with van der Waals surface area (Å²) in [6, 6.07) is 7.05. The number of halogens is 1. The number of aromatic hydroxyl groups is 1. The highest BCUT2D eigenvalue weighted by atomic mass is 35.5. The topological polar surface area (TPSA) is 150 Å². The molecule has 13 heteroatoms. The van der Waals surface area contributed by atoms with Gasteiger partial charge in [0.1, 0.15) is 5.37 Å². The van der Waals surface area contributed by atoms with E-state index in [1.165, 1.54) is 42.6 Å². The molecule has 0 radical (unpaired) electrons. The van der Waals surface area contributed by atoms with E-state index >= 15 is 0 Å². The number of rotatable bonds is 6. The summed E-state index contributed by atoms with van der Waals surface area (Å²) >= 11 is 0. The Morgan fingerprint density at radius 3 is 2.32 bits per heavy atom. The number of nitrogens with two attached hydrogens (primary N) is 1. The molecule has 4 N–H and O–H groups in total. The lowest BCUT2D eigenvalue weighted by molar-refractivity contribution is 0.154. The lowest BCUT2D eigenvalue weighted by Crippen LogP contribution is -2.50. The standard InChI is InChI=1S/C21H25N5O5S2.ClH/c1-3-19(26-10-8-25(2)9-11-26)32(28,29)15-5-7-18(23-13-15)20-16-12-14(33(22,30)31)4-6-17(16)24-21(20)27;/h3-7,12-13,19,24,27H,1,8-11H2,2H3,(H2,22,30,31);1H. The summed E-state index contributed by atoms with van der Waals surface area (Å²) in [4.78, 5) is 10.9. The fourth-order valence-electron chi connectivity index (χ4n) is 3.98. The SMILES string of the molecule is C=CC(N1CCN(C)CC1)S(=O)(=O)c1ccc(-c2c(O)[nH]c3ccc(S(N)(=O)=O)cc23)nc1.Cl. The fourth-order valence-corrected chi connectivity index (χ4v) is 6.11. The van der Waals surface area contributed by atoms with Gasteiger partial charge in [0.15, 0.2) is 15.7 Å². The van der Waals surface area contributed by atoms with E-state index in [4.69, 9.17) is 5.14 Å². The van der Waals surface area contributed by atoms with Crippen LogP contribution in [0.15, 0.2) is 59.0 Å². The van der Waals surface area contributed by atoms with Gasteiger partial charge in [0, 0.05) is 43.3 Å². The molecule has 1 aliphatic heterocycles. The number of hydrogen-bond donors (Lipinski definition) is 3. The molecule has 0 spiro atoms. The van der Waals surface area contributed by atoms with Crippen LogP contribution >= 0.6 is 12.4 Å². The quantitative estimate of drug-likeness (QED) is 0.408. The van der Waals surface area contributed by atoms with Gasteiger partial charge < -0.3 is 15.0 Å². The second kappa shape index (κ2) is 9.64. The molecule has 3 heterocycles. The molecule has 1 unspecified atom stereocenters. The van der Waals surface area contributed by atoms with Crippen molar-refractivity contribution in [3.05, 3.63) is 49.2 Å². The summed E-state index contributed by atoms with van der Waals surface area (Å²) in [6.45, 7) is 6.46. The Hall–Kier alpha value is -2.48. The minimum atomic E-state index is -3.95. The molecule has 0 aliphatic carbocycles. The van der Waals surface area contributed by atoms with Crippen molar-refractivity contribution in [3.8, 4) is 17.1 Å². The average Bonchev–Trinajstić information content (AvgIpc) is 3.10. The van der Waals surface area contributed by atoms with E-state index in [1.54, 1.807) is 0 Å². The minimum absolute atomic E-state index is 0. The second-order valence-electron chi connectivity index (χ2n) is 7.99. The molecule has 0 amide bonds. The number of primary sulfonamides is 1. The van der Waals surface area contributed by atoms with E-state index in [1.807, 2.05) is 11.9 Å². The zero-order chi connectivity index (χ0) is 24.0. The number of H-pyrrole nitrogens is 1. The van der Waals surface area contributed by atoms with Crippen molar-refractivity contribution in [1.82, 2.24) is 19.8 Å². The van der Waals surface area contributed by atoms with Gasteiger partial charge in [-0.05, 0) is 37.4 Å². The number of benzene rings is 1. The monoisotopic (exact) mass is 527 g/mol. The van der Waals surface area contributed by atoms with Crippen molar-refractivity contribution in [1.29, 1.82) is 0 Å². The molecule has 3 aromatic rings. The summed E-state index contributed by atoms with van der Waals surface area (Å²) in [5.41, 5.74) is 1.01. The van der Waals surface area contributed by atoms with Gasteiger partial charge in [-0.25, -0.2) is 22.0 Å². The molecule has 0 bridgehead atoms. The number of sulfonamides is 1. The maximum atomic E-state index is 13.3. The van der Waals surface area contributed by atoms with E-state index in [0.29, 0.717) is 24.0 Å². The van der Waals surface area contributed by atoms with Gasteiger partial charge in [0.05, 0.1) is 21.0 Å². The van der Waals surface area contributed by atoms with Crippen LogP contribution in [0.3, 0.4) is 0 Å². The zero-order valence-corrected chi connectivity index (χ0v) is 20.8. The van der Waals surface area contributed by atoms with E-state index in [9.17, 15) is 21.9 Å². The van der Waals surface area contributed by atoms with Crippen molar-refractivity contribution < 1.29 is 21.9 Å². The largest absolute Gasteiger partial charge is 0.494 e. The second-order valence-corrected chi connectivity index (χ2v) is 11.6. The van der Waals surface area contributed by atoms with Gasteiger partial charge in [0.25, 0.3) is 0 Å². The van der Waals surface area contributed by atoms with Gasteiger partial charge in [-0.15, -0.1) is 19.0 Å². The number of fused-ring (bicyclic) bond motifs is 1. The van der Waals surface area contributed by atoms with Crippen LogP contribution in [-0.4, -0.2) is 80.3 Å². The van der Waals surface area contributed by atoms with Gasteiger partial charge in [-0.2, -0.15) is 0 Å². The summed E-state index contributed by atoms with van der Waals surface area (Å²) in [7, 11) is -5.73. The number of nitrogens with one attached hydrogen (secondary N) is 1. The van der Waals surface area contributed by atoms with Crippen LogP contribution in [0.4, 0.5) is 0 Å². The molecule has 184 valence electrons. The Bertz CT molecular complexity index is 1410. The normalized spacial score (nSPS) is 16.8. The Morgan fingerprint density at radius 1 is 1.12 bits per heavy atom. The van der Waals surface area contributed by atoms with Crippen molar-refractivity contribution in [3.63, 3.8) is 0 Å². The van der Waals surface area contributed by atoms with Gasteiger partial charge in [-0.1, -0.05) is 6.08 Å². The molecule has 1 atom stereocenters. The van der Waals surface area contributed by atoms with Crippen LogP contribution in [0.25, 0.3) is 22.2 Å². The van der Waals surface area contributed by atoms with Crippen LogP contribution < -0.4 is 5.14 Å². The van der Waals surface area contributed by atoms with Gasteiger partial charge in [-0.3, -0.25) is 9.88 Å². The van der Waals surface area contributed by atoms with Gasteiger partial charge in [0.2, 0.25) is 10.0 Å². The summed E-state index contributed by atoms with van der Waals surface area (Å²) in [5, 5.41) is 15.1. The number of piperazine rings is 1. The molecule has 1 saturated heterocycles. The Kier molecular flexibility index (Phi) is 7.41. The molecule has 4 rings (SSSR count). The fraction of sp³-hybridized carbons (Fsp3) is 0.286. The third-order valence-electron chi connectivity index (χ3n) is 5.82. The summed E-state index contributed by atoms with van der Waals surface area (Å²) in [5.74, 6) is -0.221. The van der Waals surface area contributed by atoms with Crippen LogP contribution in [0.1, 0.15) is 0 Å². The third-order valence-corrected chi connectivity index (χ3v) is 8.75. The molecule has 2 aromatic heterocycles. The number of aromatic nitrogens is 2. The van der Waals surface area contributed by atoms with Crippen LogP contribution in [0.2, 0.25) is 0 Å². The number of nitrogens with zero attached hydrogens (tertiary/aromatic N) is 3. The predicted octanol–water partition coefficient (Wildman–Crippen LogP) is 1.54. The van der Waals surface area contributed by atoms with Crippen LogP contribution in [0.5, 0.6) is 5.88 Å². The van der Waals surface area contributed by atoms with Crippen molar-refractivity contribution in [2.45, 2.75) is 15.2 Å². The number of pyridine rings is 1. The van der Waals surface area contributed by atoms with E-state index in [-0.39, 0.29) is 39.3 Å². The molecule has 0 saturated carbocycles. The molecule has 1 aliphatic rings. The molecule has 1 aromatic carbocycles. The molecule has 34 heavy (non-hydrogen) atoms. The Morgan fingerprint density at radius 2 is 1.76 bits per heavy atom. The summed E-state index contributed by atoms with van der Waals surface area (Å²) in [6.07, 6.45) is 2.66. The Balaban J connectivity index is 0.00000324. The van der Waals surface area contributed by atoms with E-state index in [0.717, 1.165) is 13.1 Å². The molecule has 1 fully saturated rings. The molecule has 10 nitrogen and oxygen atoms in total. The first-order chi connectivity index (χ1) is 15.5. The maximum Gasteiger partial charge on any atom is 0.238 e. The first-order valence-electron chi connectivity index (χ1n) is 10.2. The highest BCUT2D eigenvalue weighted by Crippen LogP contribution is 2.37. The number of sulfone groups is 1. The van der Waals surface area contributed by atoms with E-state index in [2.05, 4.69) is 21.4 Å². The first-order valence-corrected chi connectivity index (χ1v) is 13.2. The minimum Gasteiger partial charge on any atom is -0.494 e. The van der Waals surface area contributed by atoms with E-state index < -0.39 is 25.2 Å². The number of hydrogen-bond acceptors (Lipinski definition) is 8. The third kappa shape index (κ3) is 4.83. The number of likely N-dealkylation sites (N-methyl/N-ethyl adjacent to an activating group) is 1. The summed E-state index contributed by atoms with van der Waals surface area (Å²) < 4.78 is 50.0. The Labute approximate surface area is 204 Å². The molecular weight excluding hydrogens is 502 g/mol. The number of aromatic amines is 1. The highest BCUT2D eigenvalue weighted by molar-refractivity contribution is 7.92. The highest BCUT2D eigenvalue weighted by Gasteiger charge is 2.32. The van der Waals surface area contributed by atoms with Crippen molar-refractivity contribution in [2.24, 2.45) is 5.14 Å². The first kappa shape index (κ1) is 26.1. The lowest BCUT2D eigenvalue weighted by Gasteiger charge is -2.36.